The molecular formula is C34H46N2O6. The zero-order chi connectivity index (χ0) is 29.7. The Morgan fingerprint density at radius 1 is 0.738 bits per heavy atom. The molecule has 2 unspecified atom stereocenters. The van der Waals surface area contributed by atoms with E-state index in [0.717, 1.165) is 54.3 Å². The normalized spacial score (nSPS) is 16.5. The Labute approximate surface area is 250 Å². The van der Waals surface area contributed by atoms with Crippen LogP contribution in [0.4, 0.5) is 0 Å². The highest BCUT2D eigenvalue weighted by Crippen LogP contribution is 2.28. The second-order valence-electron chi connectivity index (χ2n) is 11.0. The van der Waals surface area contributed by atoms with E-state index in [1.165, 1.54) is 5.56 Å². The predicted molar refractivity (Wildman–Crippen MR) is 164 cm³/mol. The molecule has 8 nitrogen and oxygen atoms in total. The van der Waals surface area contributed by atoms with Crippen molar-refractivity contribution in [3.63, 3.8) is 0 Å². The molecule has 0 radical (unpaired) electrons. The number of ether oxygens (including phenoxy) is 4. The molecule has 42 heavy (non-hydrogen) atoms. The number of aliphatic hydroxyl groups excluding tert-OH is 2. The number of aryl methyl sites for hydroxylation is 2. The van der Waals surface area contributed by atoms with Crippen LogP contribution in [0, 0.1) is 13.8 Å². The quantitative estimate of drug-likeness (QED) is 0.193. The fraction of sp³-hybridized carbons (Fsp3) is 0.471. The lowest BCUT2D eigenvalue weighted by Crippen LogP contribution is -2.50. The summed E-state index contributed by atoms with van der Waals surface area (Å²) in [6.45, 7) is 7.39. The highest BCUT2D eigenvalue weighted by Gasteiger charge is 2.31. The molecule has 0 amide bonds. The number of nitrogens with zero attached hydrogens (tertiary/aromatic N) is 1. The Hall–Kier alpha value is -3.14. The van der Waals surface area contributed by atoms with Gasteiger partial charge < -0.3 is 34.1 Å². The molecule has 1 heterocycles. The minimum absolute atomic E-state index is 0.293. The van der Waals surface area contributed by atoms with Gasteiger partial charge in [-0.15, -0.1) is 0 Å². The van der Waals surface area contributed by atoms with Crippen LogP contribution in [0.3, 0.4) is 0 Å². The van der Waals surface area contributed by atoms with Crippen LogP contribution in [0.15, 0.2) is 72.8 Å². The van der Waals surface area contributed by atoms with Gasteiger partial charge in [0.2, 0.25) is 0 Å². The van der Waals surface area contributed by atoms with Crippen molar-refractivity contribution in [1.29, 1.82) is 0 Å². The van der Waals surface area contributed by atoms with Crippen LogP contribution in [-0.4, -0.2) is 73.6 Å². The van der Waals surface area contributed by atoms with Crippen LogP contribution in [0.2, 0.25) is 0 Å². The molecule has 3 aromatic rings. The number of rotatable bonds is 17. The van der Waals surface area contributed by atoms with Crippen molar-refractivity contribution >= 4 is 0 Å². The Morgan fingerprint density at radius 3 is 1.81 bits per heavy atom. The van der Waals surface area contributed by atoms with Gasteiger partial charge in [0, 0.05) is 19.4 Å². The minimum Gasteiger partial charge on any atom is -0.497 e. The van der Waals surface area contributed by atoms with E-state index < -0.39 is 18.6 Å². The summed E-state index contributed by atoms with van der Waals surface area (Å²) in [5.41, 5.74) is 3.21. The molecule has 0 aliphatic carbocycles. The molecule has 3 aromatic carbocycles. The van der Waals surface area contributed by atoms with Crippen molar-refractivity contribution in [2.45, 2.75) is 64.2 Å². The third kappa shape index (κ3) is 10.3. The van der Waals surface area contributed by atoms with Crippen LogP contribution >= 0.6 is 0 Å². The second kappa shape index (κ2) is 16.5. The average molecular weight is 579 g/mol. The third-order valence-corrected chi connectivity index (χ3v) is 7.51. The van der Waals surface area contributed by atoms with Gasteiger partial charge in [0.25, 0.3) is 0 Å². The lowest BCUT2D eigenvalue weighted by atomic mass is 10.0. The SMILES string of the molecule is COc1ccc([C@@H](OC(O)CCOc2ccc(C)cc2)[C@@H](CN2CCCC2)NC(O)CCOc2ccc(C)cc2)cc1. The maximum absolute atomic E-state index is 11.0. The molecule has 0 bridgehead atoms. The third-order valence-electron chi connectivity index (χ3n) is 7.51. The van der Waals surface area contributed by atoms with Crippen LogP contribution in [0.5, 0.6) is 17.2 Å². The second-order valence-corrected chi connectivity index (χ2v) is 11.0. The Balaban J connectivity index is 1.43. The summed E-state index contributed by atoms with van der Waals surface area (Å²) in [4.78, 5) is 2.37. The molecule has 1 saturated heterocycles. The number of methoxy groups -OCH3 is 1. The topological polar surface area (TPSA) is 92.7 Å². The van der Waals surface area contributed by atoms with Gasteiger partial charge in [0.15, 0.2) is 6.29 Å². The maximum Gasteiger partial charge on any atom is 0.158 e. The summed E-state index contributed by atoms with van der Waals surface area (Å²) in [7, 11) is 1.63. The van der Waals surface area contributed by atoms with Gasteiger partial charge in [-0.3, -0.25) is 5.32 Å². The molecule has 0 saturated carbocycles. The number of nitrogens with one attached hydrogen (secondary N) is 1. The number of hydrogen-bond acceptors (Lipinski definition) is 8. The summed E-state index contributed by atoms with van der Waals surface area (Å²) < 4.78 is 23.4. The summed E-state index contributed by atoms with van der Waals surface area (Å²) >= 11 is 0. The van der Waals surface area contributed by atoms with Crippen molar-refractivity contribution in [3.8, 4) is 17.2 Å². The van der Waals surface area contributed by atoms with Crippen molar-refractivity contribution in [2.75, 3.05) is 40.0 Å². The molecule has 0 aromatic heterocycles. The first-order chi connectivity index (χ1) is 20.4. The van der Waals surface area contributed by atoms with Gasteiger partial charge in [-0.2, -0.15) is 0 Å². The fourth-order valence-corrected chi connectivity index (χ4v) is 5.08. The van der Waals surface area contributed by atoms with Gasteiger partial charge in [-0.1, -0.05) is 47.5 Å². The van der Waals surface area contributed by atoms with E-state index in [1.807, 2.05) is 86.6 Å². The largest absolute Gasteiger partial charge is 0.497 e. The first kappa shape index (κ1) is 31.8. The molecule has 0 spiro atoms. The summed E-state index contributed by atoms with van der Waals surface area (Å²) in [5.74, 6) is 2.27. The Kier molecular flexibility index (Phi) is 12.5. The summed E-state index contributed by atoms with van der Waals surface area (Å²) in [6.07, 6.45) is 0.566. The van der Waals surface area contributed by atoms with Gasteiger partial charge in [0.1, 0.15) is 29.6 Å². The van der Waals surface area contributed by atoms with Crippen molar-refractivity contribution in [2.24, 2.45) is 0 Å². The molecule has 8 heteroatoms. The average Bonchev–Trinajstić information content (AvgIpc) is 3.51. The minimum atomic E-state index is -1.06. The molecule has 3 N–H and O–H groups in total. The lowest BCUT2D eigenvalue weighted by Gasteiger charge is -2.34. The first-order valence-electron chi connectivity index (χ1n) is 14.9. The molecule has 4 atom stereocenters. The molecular weight excluding hydrogens is 532 g/mol. The van der Waals surface area contributed by atoms with Gasteiger partial charge >= 0.3 is 0 Å². The number of aliphatic hydroxyl groups is 2. The van der Waals surface area contributed by atoms with E-state index in [0.29, 0.717) is 32.6 Å². The van der Waals surface area contributed by atoms with Gasteiger partial charge in [-0.05, 0) is 81.7 Å². The fourth-order valence-electron chi connectivity index (χ4n) is 5.08. The zero-order valence-corrected chi connectivity index (χ0v) is 25.1. The van der Waals surface area contributed by atoms with E-state index in [-0.39, 0.29) is 6.04 Å². The Morgan fingerprint density at radius 2 is 1.26 bits per heavy atom. The van der Waals surface area contributed by atoms with E-state index in [1.54, 1.807) is 7.11 Å². The van der Waals surface area contributed by atoms with E-state index >= 15 is 0 Å². The van der Waals surface area contributed by atoms with Crippen LogP contribution in [0.1, 0.15) is 48.5 Å². The van der Waals surface area contributed by atoms with Gasteiger partial charge in [0.05, 0.1) is 26.4 Å². The summed E-state index contributed by atoms with van der Waals surface area (Å²) in [5, 5.41) is 25.4. The number of hydrogen-bond donors (Lipinski definition) is 3. The highest BCUT2D eigenvalue weighted by atomic mass is 16.6. The van der Waals surface area contributed by atoms with E-state index in [9.17, 15) is 10.2 Å². The van der Waals surface area contributed by atoms with E-state index in [2.05, 4.69) is 10.2 Å². The maximum atomic E-state index is 11.0. The smallest absolute Gasteiger partial charge is 0.158 e. The monoisotopic (exact) mass is 578 g/mol. The molecule has 1 fully saturated rings. The van der Waals surface area contributed by atoms with Crippen LogP contribution in [-0.2, 0) is 4.74 Å². The lowest BCUT2D eigenvalue weighted by molar-refractivity contribution is -0.157. The predicted octanol–water partition coefficient (Wildman–Crippen LogP) is 5.00. The molecule has 1 aliphatic rings. The summed E-state index contributed by atoms with van der Waals surface area (Å²) in [6, 6.07) is 23.1. The Bertz CT molecular complexity index is 1170. The number of likely N-dealkylation sites (tertiary alicyclic amines) is 1. The van der Waals surface area contributed by atoms with Crippen LogP contribution < -0.4 is 19.5 Å². The molecule has 1 aliphatic heterocycles. The van der Waals surface area contributed by atoms with Gasteiger partial charge in [-0.25, -0.2) is 0 Å². The van der Waals surface area contributed by atoms with Crippen molar-refractivity contribution < 1.29 is 29.2 Å². The number of benzene rings is 3. The van der Waals surface area contributed by atoms with Crippen molar-refractivity contribution in [3.05, 3.63) is 89.5 Å². The standard InChI is InChI=1S/C34H46N2O6/c1-25-6-12-29(13-7-25)40-22-18-32(37)35-31(24-36-20-4-5-21-36)34(27-10-16-28(39-3)17-11-27)42-33(38)19-23-41-30-14-8-26(2)9-15-30/h6-17,31-35,37-38H,4-5,18-24H2,1-3H3/t31-,32?,33?,34-/m1/s1. The highest BCUT2D eigenvalue weighted by molar-refractivity contribution is 5.30. The molecule has 228 valence electrons. The van der Waals surface area contributed by atoms with Crippen molar-refractivity contribution in [1.82, 2.24) is 10.2 Å². The van der Waals surface area contributed by atoms with Crippen LogP contribution in [0.25, 0.3) is 0 Å². The molecule has 4 rings (SSSR count). The first-order valence-corrected chi connectivity index (χ1v) is 14.9. The van der Waals surface area contributed by atoms with E-state index in [4.69, 9.17) is 18.9 Å². The zero-order valence-electron chi connectivity index (χ0n) is 25.1.